The molecule has 0 aliphatic carbocycles. The summed E-state index contributed by atoms with van der Waals surface area (Å²) < 4.78 is 7.16. The first kappa shape index (κ1) is 20.1. The number of nitrogens with zero attached hydrogens (tertiary/aromatic N) is 1. The Kier molecular flexibility index (Phi) is 5.35. The second kappa shape index (κ2) is 7.44. The van der Waals surface area contributed by atoms with Crippen molar-refractivity contribution in [1.82, 2.24) is 4.98 Å². The molecule has 146 valence electrons. The van der Waals surface area contributed by atoms with Gasteiger partial charge in [0, 0.05) is 0 Å². The van der Waals surface area contributed by atoms with Crippen molar-refractivity contribution in [2.75, 3.05) is 5.73 Å². The van der Waals surface area contributed by atoms with Gasteiger partial charge < -0.3 is 10.2 Å². The van der Waals surface area contributed by atoms with E-state index in [2.05, 4.69) is 93.3 Å². The number of aryl methyl sites for hydroxylation is 1. The molecule has 0 aliphatic heterocycles. The molecular formula is C24H30N2OSi. The van der Waals surface area contributed by atoms with Crippen LogP contribution in [0.1, 0.15) is 37.6 Å². The van der Waals surface area contributed by atoms with Crippen LogP contribution in [-0.4, -0.2) is 13.3 Å². The van der Waals surface area contributed by atoms with E-state index < -0.39 is 8.32 Å². The highest BCUT2D eigenvalue weighted by Crippen LogP contribution is 2.39. The fraction of sp³-hybridized carbons (Fsp3) is 0.292. The fourth-order valence-electron chi connectivity index (χ4n) is 3.90. The minimum Gasteiger partial charge on any atom is -0.533 e. The van der Waals surface area contributed by atoms with Crippen LogP contribution in [-0.2, 0) is 0 Å². The maximum atomic E-state index is 7.16. The van der Waals surface area contributed by atoms with E-state index in [9.17, 15) is 0 Å². The lowest BCUT2D eigenvalue weighted by Crippen LogP contribution is -2.69. The van der Waals surface area contributed by atoms with Crippen LogP contribution in [0.15, 0.2) is 60.7 Å². The molecule has 1 heterocycles. The van der Waals surface area contributed by atoms with Crippen molar-refractivity contribution >= 4 is 24.5 Å². The van der Waals surface area contributed by atoms with Gasteiger partial charge in [-0.2, -0.15) is 0 Å². The molecule has 2 aromatic carbocycles. The largest absolute Gasteiger partial charge is 0.533 e. The molecule has 0 saturated carbocycles. The number of anilines is 1. The Morgan fingerprint density at radius 2 is 1.25 bits per heavy atom. The summed E-state index contributed by atoms with van der Waals surface area (Å²) in [6.45, 7) is 12.9. The Hall–Kier alpha value is -2.59. The number of nitrogen functional groups attached to an aromatic ring is 1. The van der Waals surface area contributed by atoms with Gasteiger partial charge in [0.15, 0.2) is 0 Å². The number of aromatic nitrogens is 1. The number of benzene rings is 2. The Bertz CT molecular complexity index is 924. The van der Waals surface area contributed by atoms with Gasteiger partial charge in [-0.15, -0.1) is 0 Å². The van der Waals surface area contributed by atoms with Gasteiger partial charge in [0.05, 0.1) is 5.69 Å². The molecular weight excluding hydrogens is 360 g/mol. The third kappa shape index (κ3) is 3.33. The normalized spacial score (nSPS) is 12.1. The predicted molar refractivity (Wildman–Crippen MR) is 121 cm³/mol. The molecule has 3 aromatic rings. The Morgan fingerprint density at radius 1 is 0.786 bits per heavy atom. The third-order valence-corrected chi connectivity index (χ3v) is 10.5. The summed E-state index contributed by atoms with van der Waals surface area (Å²) in [5, 5.41) is 2.41. The highest BCUT2D eigenvalue weighted by Gasteiger charge is 2.52. The highest BCUT2D eigenvalue weighted by molar-refractivity contribution is 7.00. The van der Waals surface area contributed by atoms with E-state index in [1.165, 1.54) is 10.4 Å². The summed E-state index contributed by atoms with van der Waals surface area (Å²) in [6, 6.07) is 21.3. The second-order valence-electron chi connectivity index (χ2n) is 8.43. The quantitative estimate of drug-likeness (QED) is 0.666. The van der Waals surface area contributed by atoms with Crippen LogP contribution < -0.4 is 20.5 Å². The van der Waals surface area contributed by atoms with Crippen LogP contribution in [0, 0.1) is 20.8 Å². The number of pyridine rings is 1. The second-order valence-corrected chi connectivity index (χ2v) is 12.6. The first-order chi connectivity index (χ1) is 13.2. The van der Waals surface area contributed by atoms with Crippen molar-refractivity contribution in [2.24, 2.45) is 0 Å². The summed E-state index contributed by atoms with van der Waals surface area (Å²) in [5.74, 6) is 1.44. The molecule has 4 heteroatoms. The van der Waals surface area contributed by atoms with Crippen molar-refractivity contribution in [2.45, 2.75) is 46.6 Å². The van der Waals surface area contributed by atoms with E-state index in [1.807, 2.05) is 13.8 Å². The van der Waals surface area contributed by atoms with E-state index in [0.717, 1.165) is 22.6 Å². The number of rotatable bonds is 4. The molecule has 2 N–H and O–H groups in total. The summed E-state index contributed by atoms with van der Waals surface area (Å²) >= 11 is 0. The number of hydrogen-bond donors (Lipinski definition) is 1. The zero-order valence-electron chi connectivity index (χ0n) is 17.7. The molecule has 0 bridgehead atoms. The zero-order chi connectivity index (χ0) is 20.5. The number of nitrogens with two attached hydrogens (primary N) is 1. The van der Waals surface area contributed by atoms with Gasteiger partial charge in [-0.1, -0.05) is 81.4 Å². The van der Waals surface area contributed by atoms with Crippen LogP contribution in [0.4, 0.5) is 5.82 Å². The van der Waals surface area contributed by atoms with Crippen LogP contribution in [0.3, 0.4) is 0 Å². The molecule has 0 spiro atoms. The number of hydrogen-bond acceptors (Lipinski definition) is 3. The molecule has 0 unspecified atom stereocenters. The smallest absolute Gasteiger partial charge is 0.320 e. The van der Waals surface area contributed by atoms with Gasteiger partial charge >= 0.3 is 8.32 Å². The Morgan fingerprint density at radius 3 is 1.68 bits per heavy atom. The predicted octanol–water partition coefficient (Wildman–Crippen LogP) is 4.53. The van der Waals surface area contributed by atoms with Crippen LogP contribution >= 0.6 is 0 Å². The monoisotopic (exact) mass is 390 g/mol. The van der Waals surface area contributed by atoms with Crippen LogP contribution in [0.2, 0.25) is 5.04 Å². The molecule has 0 amide bonds. The molecule has 0 saturated heterocycles. The molecule has 1 aromatic heterocycles. The first-order valence-electron chi connectivity index (χ1n) is 9.72. The maximum Gasteiger partial charge on any atom is 0.320 e. The summed E-state index contributed by atoms with van der Waals surface area (Å²) in [4.78, 5) is 4.56. The van der Waals surface area contributed by atoms with E-state index in [0.29, 0.717) is 5.82 Å². The topological polar surface area (TPSA) is 48.1 Å². The minimum absolute atomic E-state index is 0.0934. The molecule has 0 fully saturated rings. The van der Waals surface area contributed by atoms with E-state index in [1.54, 1.807) is 0 Å². The highest BCUT2D eigenvalue weighted by atomic mass is 28.4. The van der Waals surface area contributed by atoms with Crippen molar-refractivity contribution < 1.29 is 4.43 Å². The zero-order valence-corrected chi connectivity index (χ0v) is 18.7. The van der Waals surface area contributed by atoms with Crippen molar-refractivity contribution in [3.63, 3.8) is 0 Å². The average Bonchev–Trinajstić information content (AvgIpc) is 2.67. The van der Waals surface area contributed by atoms with Gasteiger partial charge in [0.25, 0.3) is 0 Å². The molecule has 3 nitrogen and oxygen atoms in total. The van der Waals surface area contributed by atoms with E-state index >= 15 is 0 Å². The molecule has 0 atom stereocenters. The van der Waals surface area contributed by atoms with Gasteiger partial charge in [-0.25, -0.2) is 4.98 Å². The van der Waals surface area contributed by atoms with Gasteiger partial charge in [0.1, 0.15) is 11.6 Å². The molecule has 0 aliphatic rings. The lowest BCUT2D eigenvalue weighted by Gasteiger charge is -2.43. The Balaban J connectivity index is 2.34. The van der Waals surface area contributed by atoms with Crippen molar-refractivity contribution in [3.05, 3.63) is 77.5 Å². The van der Waals surface area contributed by atoms with Gasteiger partial charge in [-0.3, -0.25) is 0 Å². The van der Waals surface area contributed by atoms with E-state index in [-0.39, 0.29) is 5.04 Å². The van der Waals surface area contributed by atoms with E-state index in [4.69, 9.17) is 10.2 Å². The SMILES string of the molecule is Cc1nc(N)c(C)c(C)c1O[Si](c1ccccc1)(c1ccccc1)C(C)(C)C. The van der Waals surface area contributed by atoms with Crippen molar-refractivity contribution in [3.8, 4) is 5.75 Å². The lowest BCUT2D eigenvalue weighted by molar-refractivity contribution is 0.498. The molecule has 3 rings (SSSR count). The van der Waals surface area contributed by atoms with Gasteiger partial charge in [-0.05, 0) is 47.3 Å². The van der Waals surface area contributed by atoms with Crippen molar-refractivity contribution in [1.29, 1.82) is 0 Å². The third-order valence-electron chi connectivity index (χ3n) is 5.58. The minimum atomic E-state index is -2.67. The maximum absolute atomic E-state index is 7.16. The fourth-order valence-corrected chi connectivity index (χ4v) is 8.44. The first-order valence-corrected chi connectivity index (χ1v) is 11.6. The van der Waals surface area contributed by atoms with Crippen LogP contribution in [0.5, 0.6) is 5.75 Å². The summed E-state index contributed by atoms with van der Waals surface area (Å²) in [7, 11) is -2.67. The Labute approximate surface area is 169 Å². The molecule has 0 radical (unpaired) electrons. The lowest BCUT2D eigenvalue weighted by atomic mass is 10.1. The summed E-state index contributed by atoms with van der Waals surface area (Å²) in [5.41, 5.74) is 9.00. The summed E-state index contributed by atoms with van der Waals surface area (Å²) in [6.07, 6.45) is 0. The standard InChI is InChI=1S/C24H30N2OSi/c1-17-18(2)23(25)26-19(3)22(17)27-28(24(4,5)6,20-13-9-7-10-14-20)21-15-11-8-12-16-21/h7-16H,1-6H3,(H2,25,26). The van der Waals surface area contributed by atoms with Crippen LogP contribution in [0.25, 0.3) is 0 Å². The average molecular weight is 391 g/mol. The molecule has 28 heavy (non-hydrogen) atoms. The van der Waals surface area contributed by atoms with Gasteiger partial charge in [0.2, 0.25) is 0 Å².